The van der Waals surface area contributed by atoms with E-state index in [1.807, 2.05) is 32.9 Å². The van der Waals surface area contributed by atoms with Crippen molar-refractivity contribution in [3.63, 3.8) is 0 Å². The average Bonchev–Trinajstić information content (AvgIpc) is 2.58. The number of pyridine rings is 1. The Balaban J connectivity index is 1.96. The summed E-state index contributed by atoms with van der Waals surface area (Å²) in [6, 6.07) is 10.6. The number of aromatic nitrogens is 1. The van der Waals surface area contributed by atoms with Crippen LogP contribution in [0.1, 0.15) is 16.7 Å². The molecule has 0 bridgehead atoms. The maximum absolute atomic E-state index is 12.6. The van der Waals surface area contributed by atoms with Crippen molar-refractivity contribution < 1.29 is 9.53 Å². The number of halogens is 1. The highest BCUT2D eigenvalue weighted by Crippen LogP contribution is 2.27. The molecule has 1 amide bonds. The molecule has 0 saturated carbocycles. The fraction of sp³-hybridized carbons (Fsp3) is 0.238. The van der Waals surface area contributed by atoms with Gasteiger partial charge in [-0.15, -0.1) is 0 Å². The second-order valence-corrected chi connectivity index (χ2v) is 7.03. The van der Waals surface area contributed by atoms with Crippen molar-refractivity contribution in [3.8, 4) is 5.75 Å². The third kappa shape index (κ3) is 3.83. The van der Waals surface area contributed by atoms with Gasteiger partial charge in [-0.05, 0) is 56.2 Å². The van der Waals surface area contributed by atoms with Gasteiger partial charge in [-0.1, -0.05) is 23.2 Å². The van der Waals surface area contributed by atoms with Gasteiger partial charge in [0.2, 0.25) is 5.91 Å². The van der Waals surface area contributed by atoms with Gasteiger partial charge in [0, 0.05) is 17.1 Å². The van der Waals surface area contributed by atoms with Crippen LogP contribution < -0.4 is 15.6 Å². The third-order valence-electron chi connectivity index (χ3n) is 4.48. The zero-order valence-corrected chi connectivity index (χ0v) is 16.5. The smallest absolute Gasteiger partial charge is 0.251 e. The van der Waals surface area contributed by atoms with Crippen LogP contribution in [0.2, 0.25) is 5.02 Å². The monoisotopic (exact) mass is 384 g/mol. The van der Waals surface area contributed by atoms with Gasteiger partial charge in [-0.25, -0.2) is 0 Å². The zero-order valence-electron chi connectivity index (χ0n) is 15.7. The van der Waals surface area contributed by atoms with E-state index in [1.54, 1.807) is 24.3 Å². The van der Waals surface area contributed by atoms with Crippen LogP contribution in [0.15, 0.2) is 41.2 Å². The fourth-order valence-corrected chi connectivity index (χ4v) is 3.57. The number of benzene rings is 2. The largest absolute Gasteiger partial charge is 0.495 e. The average molecular weight is 385 g/mol. The lowest BCUT2D eigenvalue weighted by Gasteiger charge is -2.15. The molecule has 0 saturated heterocycles. The van der Waals surface area contributed by atoms with Crippen LogP contribution in [0.25, 0.3) is 10.9 Å². The first-order valence-electron chi connectivity index (χ1n) is 8.55. The van der Waals surface area contributed by atoms with Gasteiger partial charge in [0.25, 0.3) is 5.56 Å². The van der Waals surface area contributed by atoms with Crippen LogP contribution in [-0.2, 0) is 11.3 Å². The van der Waals surface area contributed by atoms with Crippen molar-refractivity contribution in [1.82, 2.24) is 4.57 Å². The molecular weight excluding hydrogens is 364 g/mol. The van der Waals surface area contributed by atoms with Gasteiger partial charge in [0.15, 0.2) is 0 Å². The molecule has 3 aromatic rings. The Morgan fingerprint density at radius 2 is 1.85 bits per heavy atom. The normalized spacial score (nSPS) is 10.9. The lowest BCUT2D eigenvalue weighted by atomic mass is 10.0. The van der Waals surface area contributed by atoms with Crippen LogP contribution in [0.5, 0.6) is 5.75 Å². The lowest BCUT2D eigenvalue weighted by molar-refractivity contribution is -0.116. The minimum atomic E-state index is -0.302. The van der Waals surface area contributed by atoms with E-state index in [9.17, 15) is 9.59 Å². The number of hydrogen-bond donors (Lipinski definition) is 1. The highest BCUT2D eigenvalue weighted by Gasteiger charge is 2.13. The van der Waals surface area contributed by atoms with Gasteiger partial charge in [0.1, 0.15) is 12.3 Å². The highest BCUT2D eigenvalue weighted by atomic mass is 35.5. The van der Waals surface area contributed by atoms with Crippen LogP contribution in [0, 0.1) is 20.8 Å². The van der Waals surface area contributed by atoms with Crippen molar-refractivity contribution in [1.29, 1.82) is 0 Å². The van der Waals surface area contributed by atoms with Gasteiger partial charge >= 0.3 is 0 Å². The number of carbonyl (C=O) groups excluding carboxylic acids is 1. The highest BCUT2D eigenvalue weighted by molar-refractivity contribution is 6.32. The first-order valence-corrected chi connectivity index (χ1v) is 8.92. The number of amides is 1. The number of rotatable bonds is 4. The van der Waals surface area contributed by atoms with Gasteiger partial charge < -0.3 is 10.1 Å². The molecule has 0 spiro atoms. The molecule has 3 rings (SSSR count). The lowest BCUT2D eigenvalue weighted by Crippen LogP contribution is -2.28. The quantitative estimate of drug-likeness (QED) is 0.732. The summed E-state index contributed by atoms with van der Waals surface area (Å²) < 4.78 is 6.62. The minimum Gasteiger partial charge on any atom is -0.495 e. The number of carbonyl (C=O) groups is 1. The number of fused-ring (bicyclic) bond motifs is 1. The molecule has 1 heterocycles. The maximum atomic E-state index is 12.6. The van der Waals surface area contributed by atoms with E-state index in [0.717, 1.165) is 27.6 Å². The Bertz CT molecular complexity index is 1100. The number of hydrogen-bond acceptors (Lipinski definition) is 3. The number of nitrogens with zero attached hydrogens (tertiary/aromatic N) is 1. The van der Waals surface area contributed by atoms with Gasteiger partial charge in [-0.2, -0.15) is 0 Å². The number of aryl methyl sites for hydroxylation is 3. The van der Waals surface area contributed by atoms with Crippen LogP contribution in [-0.4, -0.2) is 17.6 Å². The zero-order chi connectivity index (χ0) is 19.7. The van der Waals surface area contributed by atoms with Gasteiger partial charge in [-0.3, -0.25) is 14.2 Å². The van der Waals surface area contributed by atoms with E-state index in [0.29, 0.717) is 16.5 Å². The molecule has 2 aromatic carbocycles. The Labute approximate surface area is 162 Å². The molecule has 0 radical (unpaired) electrons. The Kier molecular flexibility index (Phi) is 5.24. The topological polar surface area (TPSA) is 60.3 Å². The fourth-order valence-electron chi connectivity index (χ4n) is 3.32. The van der Waals surface area contributed by atoms with Crippen molar-refractivity contribution in [3.05, 3.63) is 68.5 Å². The summed E-state index contributed by atoms with van der Waals surface area (Å²) in [5.41, 5.74) is 4.11. The molecule has 27 heavy (non-hydrogen) atoms. The van der Waals surface area contributed by atoms with Crippen LogP contribution in [0.4, 0.5) is 5.69 Å². The molecule has 1 N–H and O–H groups in total. The first kappa shape index (κ1) is 19.0. The number of ether oxygens (including phenoxy) is 1. The molecular formula is C21H21ClN2O3. The number of nitrogens with one attached hydrogen (secondary N) is 1. The van der Waals surface area contributed by atoms with E-state index in [1.165, 1.54) is 11.7 Å². The predicted molar refractivity (Wildman–Crippen MR) is 109 cm³/mol. The summed E-state index contributed by atoms with van der Waals surface area (Å²) in [6.45, 7) is 5.79. The van der Waals surface area contributed by atoms with Crippen molar-refractivity contribution in [2.24, 2.45) is 0 Å². The standard InChI is InChI=1S/C21H21ClN2O3/c1-12-7-14(3)21-16(8-12)13(2)9-20(26)24(21)11-19(25)23-15-5-6-18(27-4)17(22)10-15/h5-10H,11H2,1-4H3,(H,23,25). The van der Waals surface area contributed by atoms with Crippen LogP contribution in [0.3, 0.4) is 0 Å². The third-order valence-corrected chi connectivity index (χ3v) is 4.78. The summed E-state index contributed by atoms with van der Waals surface area (Å²) in [6.07, 6.45) is 0. The second kappa shape index (κ2) is 7.45. The SMILES string of the molecule is COc1ccc(NC(=O)Cn2c(=O)cc(C)c3cc(C)cc(C)c32)cc1Cl. The molecule has 0 fully saturated rings. The number of anilines is 1. The van der Waals surface area contributed by atoms with E-state index in [4.69, 9.17) is 16.3 Å². The second-order valence-electron chi connectivity index (χ2n) is 6.63. The van der Waals surface area contributed by atoms with E-state index < -0.39 is 0 Å². The summed E-state index contributed by atoms with van der Waals surface area (Å²) in [7, 11) is 1.53. The van der Waals surface area contributed by atoms with Crippen LogP contribution >= 0.6 is 11.6 Å². The van der Waals surface area contributed by atoms with Crippen molar-refractivity contribution >= 4 is 34.1 Å². The minimum absolute atomic E-state index is 0.0802. The Morgan fingerprint density at radius 1 is 1.11 bits per heavy atom. The van der Waals surface area contributed by atoms with E-state index in [-0.39, 0.29) is 18.0 Å². The Morgan fingerprint density at radius 3 is 2.52 bits per heavy atom. The maximum Gasteiger partial charge on any atom is 0.251 e. The molecule has 5 nitrogen and oxygen atoms in total. The molecule has 0 atom stereocenters. The molecule has 0 aliphatic rings. The molecule has 0 unspecified atom stereocenters. The molecule has 140 valence electrons. The van der Waals surface area contributed by atoms with E-state index in [2.05, 4.69) is 5.32 Å². The van der Waals surface area contributed by atoms with Gasteiger partial charge in [0.05, 0.1) is 17.6 Å². The summed E-state index contributed by atoms with van der Waals surface area (Å²) >= 11 is 6.10. The Hall–Kier alpha value is -2.79. The molecule has 1 aromatic heterocycles. The molecule has 0 aliphatic carbocycles. The number of methoxy groups -OCH3 is 1. The summed E-state index contributed by atoms with van der Waals surface area (Å²) in [5.74, 6) is 0.227. The predicted octanol–water partition coefficient (Wildman–Crippen LogP) is 4.23. The molecule has 0 aliphatic heterocycles. The van der Waals surface area contributed by atoms with E-state index >= 15 is 0 Å². The first-order chi connectivity index (χ1) is 12.8. The van der Waals surface area contributed by atoms with Crippen molar-refractivity contribution in [2.45, 2.75) is 27.3 Å². The summed E-state index contributed by atoms with van der Waals surface area (Å²) in [5, 5.41) is 4.16. The molecule has 6 heteroatoms. The van der Waals surface area contributed by atoms with Crippen molar-refractivity contribution in [2.75, 3.05) is 12.4 Å². The summed E-state index contributed by atoms with van der Waals surface area (Å²) in [4.78, 5) is 25.1.